The normalized spacial score (nSPS) is 9.75. The molecule has 1 aromatic carbocycles. The fraction of sp³-hybridized carbons (Fsp3) is 0.0833. The van der Waals surface area contributed by atoms with Gasteiger partial charge in [0.2, 0.25) is 0 Å². The first kappa shape index (κ1) is 10.1. The second kappa shape index (κ2) is 3.99. The third-order valence-electron chi connectivity index (χ3n) is 2.31. The van der Waals surface area contributed by atoms with E-state index in [1.807, 2.05) is 24.3 Å². The maximum atomic E-state index is 11.9. The van der Waals surface area contributed by atoms with Crippen molar-refractivity contribution < 1.29 is 0 Å². The average Bonchev–Trinajstić information content (AvgIpc) is 2.31. The minimum absolute atomic E-state index is 0.0892. The Kier molecular flexibility index (Phi) is 2.52. The molecule has 4 nitrogen and oxygen atoms in total. The maximum Gasteiger partial charge on any atom is 0.276 e. The number of nitriles is 1. The topological polar surface area (TPSA) is 58.7 Å². The molecule has 0 N–H and O–H groups in total. The van der Waals surface area contributed by atoms with Crippen molar-refractivity contribution in [1.29, 1.82) is 5.26 Å². The number of rotatable bonds is 1. The zero-order valence-corrected chi connectivity index (χ0v) is 8.71. The van der Waals surface area contributed by atoms with Crippen LogP contribution in [0.1, 0.15) is 11.3 Å². The molecule has 1 heterocycles. The highest BCUT2D eigenvalue weighted by Crippen LogP contribution is 2.04. The number of para-hydroxylation sites is 1. The molecule has 1 aromatic heterocycles. The average molecular weight is 211 g/mol. The summed E-state index contributed by atoms with van der Waals surface area (Å²) >= 11 is 0. The summed E-state index contributed by atoms with van der Waals surface area (Å²) in [4.78, 5) is 15.9. The number of hydrogen-bond donors (Lipinski definition) is 0. The molecule has 0 aliphatic carbocycles. The van der Waals surface area contributed by atoms with E-state index in [0.717, 1.165) is 0 Å². The van der Waals surface area contributed by atoms with Gasteiger partial charge in [0.15, 0.2) is 0 Å². The zero-order valence-electron chi connectivity index (χ0n) is 8.71. The lowest BCUT2D eigenvalue weighted by Gasteiger charge is -2.05. The Morgan fingerprint density at radius 2 is 2.00 bits per heavy atom. The minimum Gasteiger partial charge on any atom is -0.267 e. The van der Waals surface area contributed by atoms with Gasteiger partial charge in [-0.05, 0) is 19.1 Å². The van der Waals surface area contributed by atoms with Crippen LogP contribution in [0, 0.1) is 18.3 Å². The van der Waals surface area contributed by atoms with Crippen molar-refractivity contribution in [3.63, 3.8) is 0 Å². The van der Waals surface area contributed by atoms with E-state index in [0.29, 0.717) is 11.4 Å². The molecular weight excluding hydrogens is 202 g/mol. The highest BCUT2D eigenvalue weighted by atomic mass is 16.1. The van der Waals surface area contributed by atoms with Gasteiger partial charge < -0.3 is 0 Å². The number of aryl methyl sites for hydroxylation is 1. The molecule has 0 bridgehead atoms. The second-order valence-corrected chi connectivity index (χ2v) is 3.33. The Bertz CT molecular complexity index is 608. The number of aromatic nitrogens is 2. The second-order valence-electron chi connectivity index (χ2n) is 3.33. The number of nitrogens with zero attached hydrogens (tertiary/aromatic N) is 3. The monoisotopic (exact) mass is 211 g/mol. The van der Waals surface area contributed by atoms with Crippen molar-refractivity contribution in [2.75, 3.05) is 0 Å². The lowest BCUT2D eigenvalue weighted by atomic mass is 10.2. The van der Waals surface area contributed by atoms with Crippen molar-refractivity contribution in [3.05, 3.63) is 58.3 Å². The van der Waals surface area contributed by atoms with Crippen LogP contribution in [0.2, 0.25) is 0 Å². The van der Waals surface area contributed by atoms with Gasteiger partial charge in [-0.2, -0.15) is 5.26 Å². The molecule has 2 rings (SSSR count). The summed E-state index contributed by atoms with van der Waals surface area (Å²) in [6.45, 7) is 1.65. The molecule has 0 radical (unpaired) electrons. The van der Waals surface area contributed by atoms with Gasteiger partial charge in [-0.15, -0.1) is 0 Å². The van der Waals surface area contributed by atoms with Crippen LogP contribution in [0.15, 0.2) is 41.5 Å². The number of benzene rings is 1. The van der Waals surface area contributed by atoms with Crippen LogP contribution in [-0.4, -0.2) is 9.55 Å². The largest absolute Gasteiger partial charge is 0.276 e. The van der Waals surface area contributed by atoms with Gasteiger partial charge in [-0.25, -0.2) is 4.98 Å². The summed E-state index contributed by atoms with van der Waals surface area (Å²) in [5.74, 6) is 0. The summed E-state index contributed by atoms with van der Waals surface area (Å²) in [6.07, 6.45) is 1.44. The van der Waals surface area contributed by atoms with Crippen LogP contribution in [0.5, 0.6) is 0 Å². The Balaban J connectivity index is 2.71. The molecule has 0 fully saturated rings. The van der Waals surface area contributed by atoms with Gasteiger partial charge >= 0.3 is 0 Å². The van der Waals surface area contributed by atoms with E-state index in [4.69, 9.17) is 5.26 Å². The Labute approximate surface area is 92.4 Å². The lowest BCUT2D eigenvalue weighted by Crippen LogP contribution is -2.22. The summed E-state index contributed by atoms with van der Waals surface area (Å²) < 4.78 is 1.37. The highest BCUT2D eigenvalue weighted by molar-refractivity contribution is 5.36. The zero-order chi connectivity index (χ0) is 11.5. The van der Waals surface area contributed by atoms with E-state index in [-0.39, 0.29) is 11.1 Å². The van der Waals surface area contributed by atoms with Crippen LogP contribution < -0.4 is 5.56 Å². The van der Waals surface area contributed by atoms with E-state index in [2.05, 4.69) is 4.98 Å². The van der Waals surface area contributed by atoms with Gasteiger partial charge in [0.25, 0.3) is 5.56 Å². The molecule has 0 unspecified atom stereocenters. The third kappa shape index (κ3) is 1.59. The molecule has 16 heavy (non-hydrogen) atoms. The van der Waals surface area contributed by atoms with Gasteiger partial charge in [-0.1, -0.05) is 18.2 Å². The fourth-order valence-electron chi connectivity index (χ4n) is 1.44. The minimum atomic E-state index is -0.332. The summed E-state index contributed by atoms with van der Waals surface area (Å²) in [5, 5.41) is 8.87. The third-order valence-corrected chi connectivity index (χ3v) is 2.31. The van der Waals surface area contributed by atoms with E-state index in [1.165, 1.54) is 10.9 Å². The molecule has 0 saturated carbocycles. The van der Waals surface area contributed by atoms with Crippen molar-refractivity contribution >= 4 is 0 Å². The van der Waals surface area contributed by atoms with Gasteiger partial charge in [0, 0.05) is 0 Å². The SMILES string of the molecule is Cc1ncn(-c2ccccc2)c(=O)c1C#N. The van der Waals surface area contributed by atoms with Crippen molar-refractivity contribution in [2.45, 2.75) is 6.92 Å². The molecular formula is C12H9N3O. The van der Waals surface area contributed by atoms with Crippen molar-refractivity contribution in [1.82, 2.24) is 9.55 Å². The number of hydrogen-bond acceptors (Lipinski definition) is 3. The molecule has 78 valence electrons. The van der Waals surface area contributed by atoms with Crippen molar-refractivity contribution in [3.8, 4) is 11.8 Å². The van der Waals surface area contributed by atoms with Crippen LogP contribution in [0.3, 0.4) is 0 Å². The summed E-state index contributed by atoms with van der Waals surface area (Å²) in [5.41, 5.74) is 0.920. The van der Waals surface area contributed by atoms with Crippen molar-refractivity contribution in [2.24, 2.45) is 0 Å². The molecule has 2 aromatic rings. The van der Waals surface area contributed by atoms with E-state index < -0.39 is 0 Å². The predicted octanol–water partition coefficient (Wildman–Crippen LogP) is 1.41. The quantitative estimate of drug-likeness (QED) is 0.716. The molecule has 0 saturated heterocycles. The van der Waals surface area contributed by atoms with Gasteiger partial charge in [-0.3, -0.25) is 9.36 Å². The summed E-state index contributed by atoms with van der Waals surface area (Å²) in [6, 6.07) is 11.0. The Morgan fingerprint density at radius 3 is 2.62 bits per heavy atom. The van der Waals surface area contributed by atoms with E-state index in [1.54, 1.807) is 19.1 Å². The van der Waals surface area contributed by atoms with Crippen LogP contribution in [-0.2, 0) is 0 Å². The first-order chi connectivity index (χ1) is 7.74. The van der Waals surface area contributed by atoms with E-state index >= 15 is 0 Å². The fourth-order valence-corrected chi connectivity index (χ4v) is 1.44. The lowest BCUT2D eigenvalue weighted by molar-refractivity contribution is 0.907. The molecule has 0 atom stereocenters. The van der Waals surface area contributed by atoms with Crippen LogP contribution in [0.25, 0.3) is 5.69 Å². The van der Waals surface area contributed by atoms with Gasteiger partial charge in [0.1, 0.15) is 18.0 Å². The Morgan fingerprint density at radius 1 is 1.31 bits per heavy atom. The maximum absolute atomic E-state index is 11.9. The molecule has 0 aliphatic rings. The first-order valence-electron chi connectivity index (χ1n) is 4.78. The standard InChI is InChI=1S/C12H9N3O/c1-9-11(7-13)12(16)15(8-14-9)10-5-3-2-4-6-10/h2-6,8H,1H3. The molecule has 0 spiro atoms. The molecule has 4 heteroatoms. The molecule has 0 aliphatic heterocycles. The molecule has 0 amide bonds. The van der Waals surface area contributed by atoms with Gasteiger partial charge in [0.05, 0.1) is 11.4 Å². The predicted molar refractivity (Wildman–Crippen MR) is 59.3 cm³/mol. The smallest absolute Gasteiger partial charge is 0.267 e. The first-order valence-corrected chi connectivity index (χ1v) is 4.78. The van der Waals surface area contributed by atoms with Crippen LogP contribution >= 0.6 is 0 Å². The summed E-state index contributed by atoms with van der Waals surface area (Å²) in [7, 11) is 0. The highest BCUT2D eigenvalue weighted by Gasteiger charge is 2.08. The van der Waals surface area contributed by atoms with Crippen LogP contribution in [0.4, 0.5) is 0 Å². The van der Waals surface area contributed by atoms with E-state index in [9.17, 15) is 4.79 Å². The Hall–Kier alpha value is -2.41.